The van der Waals surface area contributed by atoms with Crippen LogP contribution in [0, 0.1) is 0 Å². The number of rotatable bonds is 3. The van der Waals surface area contributed by atoms with Gasteiger partial charge in [0.15, 0.2) is 5.78 Å². The van der Waals surface area contributed by atoms with E-state index >= 15 is 0 Å². The van der Waals surface area contributed by atoms with Gasteiger partial charge in [-0.1, -0.05) is 6.42 Å². The van der Waals surface area contributed by atoms with E-state index in [0.717, 1.165) is 25.0 Å². The first-order valence-electron chi connectivity index (χ1n) is 5.23. The Bertz CT molecular complexity index is 335. The summed E-state index contributed by atoms with van der Waals surface area (Å²) < 4.78 is 0. The van der Waals surface area contributed by atoms with E-state index in [9.17, 15) is 14.4 Å². The van der Waals surface area contributed by atoms with E-state index in [1.807, 2.05) is 0 Å². The van der Waals surface area contributed by atoms with Crippen LogP contribution in [-0.4, -0.2) is 40.8 Å². The fourth-order valence-electron chi connectivity index (χ4n) is 1.79. The minimum Gasteiger partial charge on any atom is -0.478 e. The number of nitrogens with zero attached hydrogens (tertiary/aromatic N) is 1. The summed E-state index contributed by atoms with van der Waals surface area (Å²) in [4.78, 5) is 34.6. The Balaban J connectivity index is 2.62. The number of carbonyl (C=O) groups excluding carboxylic acids is 2. The van der Waals surface area contributed by atoms with Crippen LogP contribution in [-0.2, 0) is 14.4 Å². The van der Waals surface area contributed by atoms with E-state index in [1.54, 1.807) is 0 Å². The van der Waals surface area contributed by atoms with Crippen molar-refractivity contribution in [2.45, 2.75) is 31.7 Å². The Kier molecular flexibility index (Phi) is 4.22. The zero-order valence-electron chi connectivity index (χ0n) is 9.18. The topological polar surface area (TPSA) is 74.7 Å². The molecule has 1 rings (SSSR count). The molecule has 0 heterocycles. The quantitative estimate of drug-likeness (QED) is 0.713. The molecule has 1 N–H and O–H groups in total. The maximum absolute atomic E-state index is 11.5. The number of carboxylic acid groups (broad SMARTS) is 1. The van der Waals surface area contributed by atoms with E-state index in [2.05, 4.69) is 0 Å². The fraction of sp³-hybridized carbons (Fsp3) is 0.545. The predicted molar refractivity (Wildman–Crippen MR) is 56.8 cm³/mol. The first-order chi connectivity index (χ1) is 7.52. The lowest BCUT2D eigenvalue weighted by molar-refractivity contribution is -0.136. The average molecular weight is 225 g/mol. The van der Waals surface area contributed by atoms with Gasteiger partial charge in [-0.3, -0.25) is 9.59 Å². The van der Waals surface area contributed by atoms with Crippen LogP contribution in [0.5, 0.6) is 0 Å². The van der Waals surface area contributed by atoms with Crippen LogP contribution in [0.2, 0.25) is 0 Å². The molecule has 5 heteroatoms. The Morgan fingerprint density at radius 2 is 2.06 bits per heavy atom. The summed E-state index contributed by atoms with van der Waals surface area (Å²) in [5.74, 6) is -1.55. The maximum atomic E-state index is 11.5. The number of Topliss-reactive ketones (excluding diaryl/α,β-unsaturated/α-hetero) is 1. The van der Waals surface area contributed by atoms with E-state index in [-0.39, 0.29) is 11.8 Å². The highest BCUT2D eigenvalue weighted by Gasteiger charge is 2.27. The number of aliphatic carboxylic acids is 1. The lowest BCUT2D eigenvalue weighted by Gasteiger charge is -2.29. The standard InChI is InChI=1S/C11H15NO4/c1-12(10(14)6-7-11(15)16)8-4-2-3-5-9(8)13/h6-8H,2-5H2,1H3,(H,15,16)/b7-6+. The van der Waals surface area contributed by atoms with Gasteiger partial charge in [0.05, 0.1) is 6.04 Å². The molecule has 88 valence electrons. The van der Waals surface area contributed by atoms with Crippen molar-refractivity contribution in [3.8, 4) is 0 Å². The number of likely N-dealkylation sites (N-methyl/N-ethyl adjacent to an activating group) is 1. The molecule has 0 bridgehead atoms. The van der Waals surface area contributed by atoms with Gasteiger partial charge in [0.25, 0.3) is 0 Å². The van der Waals surface area contributed by atoms with Crippen LogP contribution in [0.25, 0.3) is 0 Å². The lowest BCUT2D eigenvalue weighted by atomic mass is 9.93. The molecule has 1 aliphatic carbocycles. The molecule has 1 fully saturated rings. The van der Waals surface area contributed by atoms with Gasteiger partial charge in [-0.05, 0) is 12.8 Å². The third kappa shape index (κ3) is 3.18. The summed E-state index contributed by atoms with van der Waals surface area (Å²) in [5.41, 5.74) is 0. The van der Waals surface area contributed by atoms with E-state index in [4.69, 9.17) is 5.11 Å². The van der Waals surface area contributed by atoms with Crippen molar-refractivity contribution in [3.05, 3.63) is 12.2 Å². The number of carbonyl (C=O) groups is 3. The molecule has 5 nitrogen and oxygen atoms in total. The van der Waals surface area contributed by atoms with Gasteiger partial charge in [0.2, 0.25) is 5.91 Å². The monoisotopic (exact) mass is 225 g/mol. The second kappa shape index (κ2) is 5.44. The molecular formula is C11H15NO4. The summed E-state index contributed by atoms with van der Waals surface area (Å²) in [5, 5.41) is 8.38. The molecular weight excluding hydrogens is 210 g/mol. The Morgan fingerprint density at radius 1 is 1.38 bits per heavy atom. The van der Waals surface area contributed by atoms with Crippen LogP contribution in [0.4, 0.5) is 0 Å². The molecule has 16 heavy (non-hydrogen) atoms. The summed E-state index contributed by atoms with van der Waals surface area (Å²) in [6, 6.07) is -0.389. The molecule has 1 atom stereocenters. The van der Waals surface area contributed by atoms with Gasteiger partial charge >= 0.3 is 5.97 Å². The number of carboxylic acids is 1. The van der Waals surface area contributed by atoms with E-state index < -0.39 is 11.9 Å². The molecule has 0 aromatic heterocycles. The third-order valence-electron chi connectivity index (χ3n) is 2.71. The van der Waals surface area contributed by atoms with Gasteiger partial charge in [-0.25, -0.2) is 4.79 Å². The van der Waals surface area contributed by atoms with Crippen molar-refractivity contribution in [2.75, 3.05) is 7.05 Å². The first-order valence-corrected chi connectivity index (χ1v) is 5.23. The van der Waals surface area contributed by atoms with Gasteiger partial charge < -0.3 is 10.0 Å². The van der Waals surface area contributed by atoms with Crippen molar-refractivity contribution in [1.29, 1.82) is 0 Å². The van der Waals surface area contributed by atoms with Gasteiger partial charge in [-0.2, -0.15) is 0 Å². The van der Waals surface area contributed by atoms with Gasteiger partial charge in [0.1, 0.15) is 0 Å². The minimum absolute atomic E-state index is 0.0609. The second-order valence-corrected chi connectivity index (χ2v) is 3.85. The Labute approximate surface area is 93.7 Å². The van der Waals surface area contributed by atoms with Crippen LogP contribution < -0.4 is 0 Å². The molecule has 1 saturated carbocycles. The first kappa shape index (κ1) is 12.4. The number of hydrogen-bond donors (Lipinski definition) is 1. The zero-order chi connectivity index (χ0) is 12.1. The minimum atomic E-state index is -1.17. The lowest BCUT2D eigenvalue weighted by Crippen LogP contribution is -2.43. The van der Waals surface area contributed by atoms with Crippen LogP contribution >= 0.6 is 0 Å². The van der Waals surface area contributed by atoms with Gasteiger partial charge in [0, 0.05) is 25.6 Å². The number of ketones is 1. The van der Waals surface area contributed by atoms with Crippen molar-refractivity contribution in [2.24, 2.45) is 0 Å². The molecule has 1 unspecified atom stereocenters. The highest BCUT2D eigenvalue weighted by Crippen LogP contribution is 2.18. The Hall–Kier alpha value is -1.65. The third-order valence-corrected chi connectivity index (χ3v) is 2.71. The highest BCUT2D eigenvalue weighted by atomic mass is 16.4. The van der Waals surface area contributed by atoms with Crippen molar-refractivity contribution in [1.82, 2.24) is 4.90 Å². The summed E-state index contributed by atoms with van der Waals surface area (Å²) >= 11 is 0. The largest absolute Gasteiger partial charge is 0.478 e. The van der Waals surface area contributed by atoms with Crippen molar-refractivity contribution >= 4 is 17.7 Å². The van der Waals surface area contributed by atoms with Crippen LogP contribution in [0.15, 0.2) is 12.2 Å². The number of amides is 1. The van der Waals surface area contributed by atoms with Crippen molar-refractivity contribution < 1.29 is 19.5 Å². The summed E-state index contributed by atoms with van der Waals surface area (Å²) in [6.45, 7) is 0. The number of hydrogen-bond acceptors (Lipinski definition) is 3. The van der Waals surface area contributed by atoms with Crippen LogP contribution in [0.3, 0.4) is 0 Å². The van der Waals surface area contributed by atoms with Crippen LogP contribution in [0.1, 0.15) is 25.7 Å². The Morgan fingerprint density at radius 3 is 2.62 bits per heavy atom. The molecule has 0 saturated heterocycles. The smallest absolute Gasteiger partial charge is 0.328 e. The van der Waals surface area contributed by atoms with Gasteiger partial charge in [-0.15, -0.1) is 0 Å². The molecule has 0 aromatic carbocycles. The highest BCUT2D eigenvalue weighted by molar-refractivity contribution is 5.97. The predicted octanol–water partition coefficient (Wildman–Crippen LogP) is 0.597. The molecule has 1 amide bonds. The molecule has 0 aromatic rings. The zero-order valence-corrected chi connectivity index (χ0v) is 9.18. The summed E-state index contributed by atoms with van der Waals surface area (Å²) in [7, 11) is 1.53. The fourth-order valence-corrected chi connectivity index (χ4v) is 1.79. The normalized spacial score (nSPS) is 21.1. The second-order valence-electron chi connectivity index (χ2n) is 3.85. The molecule has 0 spiro atoms. The molecule has 1 aliphatic rings. The maximum Gasteiger partial charge on any atom is 0.328 e. The van der Waals surface area contributed by atoms with E-state index in [0.29, 0.717) is 12.8 Å². The van der Waals surface area contributed by atoms with E-state index in [1.165, 1.54) is 11.9 Å². The van der Waals surface area contributed by atoms with Crippen molar-refractivity contribution in [3.63, 3.8) is 0 Å². The average Bonchev–Trinajstić information content (AvgIpc) is 2.25. The summed E-state index contributed by atoms with van der Waals surface area (Å²) in [6.07, 6.45) is 4.74. The SMILES string of the molecule is CN(C(=O)/C=C/C(=O)O)C1CCCCC1=O. The molecule has 0 aliphatic heterocycles. The molecule has 0 radical (unpaired) electrons.